The Bertz CT molecular complexity index is 999. The van der Waals surface area contributed by atoms with Gasteiger partial charge in [-0.3, -0.25) is 0 Å². The normalized spacial score (nSPS) is 13.2. The predicted octanol–water partition coefficient (Wildman–Crippen LogP) is 4.43. The van der Waals surface area contributed by atoms with E-state index >= 15 is 0 Å². The van der Waals surface area contributed by atoms with Crippen molar-refractivity contribution in [1.29, 1.82) is 0 Å². The van der Waals surface area contributed by atoms with Gasteiger partial charge in [0.2, 0.25) is 0 Å². The molecule has 1 N–H and O–H groups in total. The van der Waals surface area contributed by atoms with Gasteiger partial charge >= 0.3 is 138 Å². The Morgan fingerprint density at radius 1 is 1.22 bits per heavy atom. The van der Waals surface area contributed by atoms with Gasteiger partial charge in [-0.25, -0.2) is 9.59 Å². The molecule has 0 aliphatic rings. The van der Waals surface area contributed by atoms with Crippen molar-refractivity contribution in [2.75, 3.05) is 13.7 Å². The number of carbonyl (C=O) groups is 2. The number of alkyl carbamates (subject to hydrolysis) is 1. The van der Waals surface area contributed by atoms with E-state index in [-0.39, 0.29) is 5.70 Å². The first-order valence-electron chi connectivity index (χ1n) is 10.9. The molecule has 0 atom stereocenters. The van der Waals surface area contributed by atoms with E-state index in [0.29, 0.717) is 6.73 Å². The molecule has 1 aromatic carbocycles. The number of benzene rings is 1. The van der Waals surface area contributed by atoms with Crippen LogP contribution in [0.2, 0.25) is 25.7 Å². The minimum absolute atomic E-state index is 0.0107. The van der Waals surface area contributed by atoms with E-state index in [9.17, 15) is 9.59 Å². The smallest absolute Gasteiger partial charge is 0.444 e. The summed E-state index contributed by atoms with van der Waals surface area (Å²) in [6.45, 7) is 15.3. The SMILES string of the molecule is COC(=O)/C(=C/c1cc(C)c2nn(COCC[SiH-](C)(C)C)cc2c1)NC(=O)OC(C)(C)C. The molecule has 1 heterocycles. The zero-order valence-electron chi connectivity index (χ0n) is 20.4. The molecule has 1 amide bonds. The van der Waals surface area contributed by atoms with E-state index in [1.165, 1.54) is 7.11 Å². The summed E-state index contributed by atoms with van der Waals surface area (Å²) in [7, 11) is -0.148. The Kier molecular flexibility index (Phi) is 8.25. The molecule has 9 heteroatoms. The van der Waals surface area contributed by atoms with Gasteiger partial charge in [-0.05, 0) is 20.8 Å². The van der Waals surface area contributed by atoms with E-state index in [4.69, 9.17) is 14.2 Å². The van der Waals surface area contributed by atoms with Gasteiger partial charge in [-0.1, -0.05) is 0 Å². The molecule has 0 bridgehead atoms. The molecule has 0 aliphatic carbocycles. The molecule has 0 saturated carbocycles. The van der Waals surface area contributed by atoms with Crippen LogP contribution in [0.3, 0.4) is 0 Å². The summed E-state index contributed by atoms with van der Waals surface area (Å²) in [5.41, 5.74) is 1.83. The quantitative estimate of drug-likeness (QED) is 0.270. The number of nitrogens with zero attached hydrogens (tertiary/aromatic N) is 2. The van der Waals surface area contributed by atoms with Gasteiger partial charge in [0.1, 0.15) is 5.60 Å². The molecule has 0 saturated heterocycles. The number of rotatable bonds is 8. The van der Waals surface area contributed by atoms with E-state index < -0.39 is 25.7 Å². The summed E-state index contributed by atoms with van der Waals surface area (Å²) < 4.78 is 17.6. The molecule has 0 radical (unpaired) electrons. The van der Waals surface area contributed by atoms with Crippen molar-refractivity contribution >= 4 is 37.1 Å². The number of methoxy groups -OCH3 is 1. The number of nitrogens with one attached hydrogen (secondary N) is 1. The van der Waals surface area contributed by atoms with E-state index in [0.717, 1.165) is 34.7 Å². The average molecular weight is 463 g/mol. The van der Waals surface area contributed by atoms with Crippen molar-refractivity contribution in [3.05, 3.63) is 35.2 Å². The van der Waals surface area contributed by atoms with Crippen molar-refractivity contribution < 1.29 is 23.8 Å². The molecular weight excluding hydrogens is 426 g/mol. The number of amides is 1. The van der Waals surface area contributed by atoms with Crippen LogP contribution in [0.25, 0.3) is 17.0 Å². The van der Waals surface area contributed by atoms with Gasteiger partial charge in [0.05, 0.1) is 7.11 Å². The summed E-state index contributed by atoms with van der Waals surface area (Å²) in [6.07, 6.45) is 2.75. The molecule has 0 spiro atoms. The molecule has 2 rings (SSSR count). The van der Waals surface area contributed by atoms with Crippen LogP contribution in [-0.2, 0) is 25.7 Å². The topological polar surface area (TPSA) is 91.7 Å². The maximum absolute atomic E-state index is 12.2. The molecule has 8 nitrogen and oxygen atoms in total. The molecule has 0 fully saturated rings. The number of carbonyl (C=O) groups excluding carboxylic acids is 2. The van der Waals surface area contributed by atoms with Crippen molar-refractivity contribution in [3.63, 3.8) is 0 Å². The Hall–Kier alpha value is -2.65. The van der Waals surface area contributed by atoms with Crippen molar-refractivity contribution in [3.8, 4) is 0 Å². The van der Waals surface area contributed by atoms with Crippen LogP contribution < -0.4 is 5.32 Å². The number of aryl methyl sites for hydroxylation is 1. The molecule has 0 aliphatic heterocycles. The summed E-state index contributed by atoms with van der Waals surface area (Å²) in [6, 6.07) is 4.92. The van der Waals surface area contributed by atoms with E-state index in [2.05, 4.69) is 30.1 Å². The first-order chi connectivity index (χ1) is 14.8. The number of hydrogen-bond donors (Lipinski definition) is 1. The number of aromatic nitrogens is 2. The van der Waals surface area contributed by atoms with Crippen molar-refractivity contribution in [2.24, 2.45) is 0 Å². The van der Waals surface area contributed by atoms with Crippen LogP contribution in [0.5, 0.6) is 0 Å². The van der Waals surface area contributed by atoms with Crippen LogP contribution in [0.4, 0.5) is 4.79 Å². The first-order valence-corrected chi connectivity index (χ1v) is 15.2. The maximum atomic E-state index is 12.2. The Morgan fingerprint density at radius 2 is 1.91 bits per heavy atom. The van der Waals surface area contributed by atoms with Crippen LogP contribution in [0.15, 0.2) is 24.0 Å². The van der Waals surface area contributed by atoms with Crippen molar-refractivity contribution in [1.82, 2.24) is 15.1 Å². The molecule has 0 unspecified atom stereocenters. The second kappa shape index (κ2) is 10.3. The third-order valence-electron chi connectivity index (χ3n) is 4.57. The number of ether oxygens (including phenoxy) is 3. The fourth-order valence-corrected chi connectivity index (χ4v) is 3.84. The molecule has 1 aromatic heterocycles. The summed E-state index contributed by atoms with van der Waals surface area (Å²) in [5.74, 6) is -0.666. The second-order valence-electron chi connectivity index (χ2n) is 10.4. The number of fused-ring (bicyclic) bond motifs is 1. The standard InChI is InChI=1S/C23H36N3O5Si/c1-16-11-17(13-19(21(27)29-5)24-22(28)31-23(2,3)4)12-18-14-26(25-20(16)18)15-30-9-10-32(6,7)8/h11-14,32H,9-10,15H2,1-8H3,(H,24,28)/q-1/b19-13-. The molecule has 178 valence electrons. The average Bonchev–Trinajstić information content (AvgIpc) is 3.05. The third-order valence-corrected chi connectivity index (χ3v) is 6.54. The van der Waals surface area contributed by atoms with Gasteiger partial charge in [0.15, 0.2) is 0 Å². The Morgan fingerprint density at radius 3 is 2.50 bits per heavy atom. The van der Waals surface area contributed by atoms with Gasteiger partial charge in [0.25, 0.3) is 0 Å². The fraction of sp³-hybridized carbons (Fsp3) is 0.522. The van der Waals surface area contributed by atoms with Gasteiger partial charge in [-0.15, -0.1) is 0 Å². The molecule has 32 heavy (non-hydrogen) atoms. The van der Waals surface area contributed by atoms with E-state index in [1.54, 1.807) is 31.5 Å². The minimum Gasteiger partial charge on any atom is -0.444 e. The van der Waals surface area contributed by atoms with Gasteiger partial charge in [0, 0.05) is 0 Å². The second-order valence-corrected chi connectivity index (χ2v) is 16.9. The fourth-order valence-electron chi connectivity index (χ4n) is 2.97. The minimum atomic E-state index is -1.41. The van der Waals surface area contributed by atoms with Gasteiger partial charge in [-0.2, -0.15) is 0 Å². The monoisotopic (exact) mass is 462 g/mol. The third kappa shape index (κ3) is 8.12. The Labute approximate surface area is 190 Å². The van der Waals surface area contributed by atoms with Crippen molar-refractivity contribution in [2.45, 2.75) is 65.7 Å². The first kappa shape index (κ1) is 25.6. The molecule has 2 aromatic rings. The van der Waals surface area contributed by atoms with E-state index in [1.807, 2.05) is 25.3 Å². The zero-order chi connectivity index (χ0) is 24.1. The van der Waals surface area contributed by atoms with Crippen LogP contribution in [-0.4, -0.2) is 49.2 Å². The summed E-state index contributed by atoms with van der Waals surface area (Å²) in [5, 5.41) is 8.00. The van der Waals surface area contributed by atoms with Crippen LogP contribution in [0, 0.1) is 6.92 Å². The summed E-state index contributed by atoms with van der Waals surface area (Å²) >= 11 is 0. The molecular formula is C23H36N3O5Si-. The Balaban J connectivity index is 2.23. The zero-order valence-corrected chi connectivity index (χ0v) is 21.6. The summed E-state index contributed by atoms with van der Waals surface area (Å²) in [4.78, 5) is 24.3. The number of hydrogen-bond acceptors (Lipinski definition) is 6. The van der Waals surface area contributed by atoms with Gasteiger partial charge < -0.3 is 9.47 Å². The van der Waals surface area contributed by atoms with Crippen LogP contribution in [0.1, 0.15) is 31.9 Å². The number of esters is 1. The predicted molar refractivity (Wildman–Crippen MR) is 129 cm³/mol. The van der Waals surface area contributed by atoms with Crippen LogP contribution >= 0.6 is 0 Å².